The summed E-state index contributed by atoms with van der Waals surface area (Å²) in [6, 6.07) is 0. The molecule has 3 nitrogen and oxygen atoms in total. The molecule has 18 heavy (non-hydrogen) atoms. The fourth-order valence-corrected chi connectivity index (χ4v) is 6.06. The van der Waals surface area contributed by atoms with Crippen molar-refractivity contribution in [2.24, 2.45) is 17.8 Å². The summed E-state index contributed by atoms with van der Waals surface area (Å²) in [6.07, 6.45) is 8.66. The van der Waals surface area contributed by atoms with E-state index in [1.54, 1.807) is 0 Å². The van der Waals surface area contributed by atoms with E-state index in [0.717, 1.165) is 29.4 Å². The summed E-state index contributed by atoms with van der Waals surface area (Å²) in [5.74, 6) is 2.97. The van der Waals surface area contributed by atoms with Crippen LogP contribution in [0, 0.1) is 17.8 Å². The zero-order valence-corrected chi connectivity index (χ0v) is 11.8. The maximum absolute atomic E-state index is 4.53. The van der Waals surface area contributed by atoms with E-state index in [2.05, 4.69) is 22.4 Å². The molecule has 0 radical (unpaired) electrons. The highest BCUT2D eigenvalue weighted by molar-refractivity contribution is 7.15. The Balaban J connectivity index is 1.66. The van der Waals surface area contributed by atoms with Gasteiger partial charge in [-0.05, 0) is 63.2 Å². The van der Waals surface area contributed by atoms with Gasteiger partial charge in [0, 0.05) is 12.0 Å². The van der Waals surface area contributed by atoms with Crippen LogP contribution in [-0.2, 0) is 5.41 Å². The molecular weight excluding hydrogens is 242 g/mol. The minimum absolute atomic E-state index is 0.417. The first kappa shape index (κ1) is 11.2. The molecule has 0 atom stereocenters. The molecule has 1 N–H and O–H groups in total. The molecule has 0 spiro atoms. The lowest BCUT2D eigenvalue weighted by Gasteiger charge is -2.55. The maximum atomic E-state index is 4.53. The van der Waals surface area contributed by atoms with E-state index >= 15 is 0 Å². The Kier molecular flexibility index (Phi) is 2.44. The molecule has 4 saturated carbocycles. The number of hydrogen-bond acceptors (Lipinski definition) is 4. The van der Waals surface area contributed by atoms with E-state index in [4.69, 9.17) is 0 Å². The first-order valence-corrected chi connectivity index (χ1v) is 8.17. The van der Waals surface area contributed by atoms with Crippen LogP contribution >= 0.6 is 11.3 Å². The Bertz CT molecular complexity index is 418. The molecule has 0 aromatic carbocycles. The summed E-state index contributed by atoms with van der Waals surface area (Å²) < 4.78 is 0. The second kappa shape index (κ2) is 3.92. The van der Waals surface area contributed by atoms with E-state index < -0.39 is 0 Å². The number of aromatic nitrogens is 2. The van der Waals surface area contributed by atoms with Gasteiger partial charge in [-0.2, -0.15) is 0 Å². The van der Waals surface area contributed by atoms with Gasteiger partial charge in [0.05, 0.1) is 0 Å². The minimum atomic E-state index is 0.417. The van der Waals surface area contributed by atoms with Crippen molar-refractivity contribution < 1.29 is 0 Å². The quantitative estimate of drug-likeness (QED) is 0.908. The summed E-state index contributed by atoms with van der Waals surface area (Å²) in [7, 11) is 0. The lowest BCUT2D eigenvalue weighted by molar-refractivity contribution is -0.00555. The molecule has 1 aromatic heterocycles. The van der Waals surface area contributed by atoms with Crippen LogP contribution in [0.25, 0.3) is 0 Å². The first-order chi connectivity index (χ1) is 8.77. The molecule has 0 saturated heterocycles. The van der Waals surface area contributed by atoms with Crippen molar-refractivity contribution in [3.63, 3.8) is 0 Å². The minimum Gasteiger partial charge on any atom is -0.360 e. The van der Waals surface area contributed by atoms with Gasteiger partial charge in [-0.1, -0.05) is 11.3 Å². The van der Waals surface area contributed by atoms with Gasteiger partial charge in [-0.25, -0.2) is 0 Å². The van der Waals surface area contributed by atoms with Crippen LogP contribution in [0.4, 0.5) is 5.13 Å². The molecule has 0 amide bonds. The van der Waals surface area contributed by atoms with Crippen molar-refractivity contribution in [2.75, 3.05) is 11.9 Å². The molecule has 1 aromatic rings. The van der Waals surface area contributed by atoms with Crippen LogP contribution in [0.1, 0.15) is 50.5 Å². The zero-order chi connectivity index (χ0) is 12.2. The smallest absolute Gasteiger partial charge is 0.205 e. The maximum Gasteiger partial charge on any atom is 0.205 e. The number of hydrogen-bond donors (Lipinski definition) is 1. The molecule has 98 valence electrons. The second-order valence-corrected chi connectivity index (χ2v) is 7.62. The predicted molar refractivity (Wildman–Crippen MR) is 73.9 cm³/mol. The summed E-state index contributed by atoms with van der Waals surface area (Å²) >= 11 is 1.81. The van der Waals surface area contributed by atoms with E-state index in [1.807, 2.05) is 11.3 Å². The monoisotopic (exact) mass is 263 g/mol. The molecule has 5 rings (SSSR count). The Morgan fingerprint density at radius 1 is 1.11 bits per heavy atom. The fourth-order valence-electron chi connectivity index (χ4n) is 5.03. The fraction of sp³-hybridized carbons (Fsp3) is 0.857. The second-order valence-electron chi connectivity index (χ2n) is 6.64. The third-order valence-corrected chi connectivity index (χ3v) is 6.37. The van der Waals surface area contributed by atoms with Crippen LogP contribution < -0.4 is 5.32 Å². The van der Waals surface area contributed by atoms with Crippen LogP contribution in [0.15, 0.2) is 0 Å². The third-order valence-electron chi connectivity index (χ3n) is 5.24. The molecule has 4 aliphatic rings. The Morgan fingerprint density at radius 2 is 1.72 bits per heavy atom. The van der Waals surface area contributed by atoms with E-state index in [-0.39, 0.29) is 0 Å². The molecule has 1 heterocycles. The molecular formula is C14H21N3S. The number of nitrogens with zero attached hydrogens (tertiary/aromatic N) is 2. The summed E-state index contributed by atoms with van der Waals surface area (Å²) in [6.45, 7) is 3.06. The predicted octanol–water partition coefficient (Wildman–Crippen LogP) is 3.44. The molecule has 0 aliphatic heterocycles. The van der Waals surface area contributed by atoms with Gasteiger partial charge in [-0.15, -0.1) is 10.2 Å². The number of rotatable bonds is 3. The van der Waals surface area contributed by atoms with Crippen LogP contribution in [0.2, 0.25) is 0 Å². The molecule has 4 heteroatoms. The van der Waals surface area contributed by atoms with Crippen molar-refractivity contribution in [1.82, 2.24) is 10.2 Å². The Hall–Kier alpha value is -0.640. The third kappa shape index (κ3) is 1.61. The highest BCUT2D eigenvalue weighted by atomic mass is 32.1. The standard InChI is InChI=1S/C14H21N3S/c1-2-15-13-17-16-12(18-13)14-6-9-3-10(7-14)5-11(4-9)8-14/h9-11H,2-8H2,1H3,(H,15,17). The van der Waals surface area contributed by atoms with Gasteiger partial charge >= 0.3 is 0 Å². The lowest BCUT2D eigenvalue weighted by atomic mass is 9.50. The van der Waals surface area contributed by atoms with Crippen molar-refractivity contribution >= 4 is 16.5 Å². The molecule has 4 bridgehead atoms. The van der Waals surface area contributed by atoms with Gasteiger partial charge in [0.25, 0.3) is 0 Å². The summed E-state index contributed by atoms with van der Waals surface area (Å²) in [5, 5.41) is 14.5. The topological polar surface area (TPSA) is 37.8 Å². The van der Waals surface area contributed by atoms with E-state index in [0.29, 0.717) is 5.41 Å². The Labute approximate surface area is 112 Å². The Morgan fingerprint density at radius 3 is 2.28 bits per heavy atom. The normalized spacial score (nSPS) is 41.3. The lowest BCUT2D eigenvalue weighted by Crippen LogP contribution is -2.48. The van der Waals surface area contributed by atoms with Gasteiger partial charge in [0.15, 0.2) is 0 Å². The summed E-state index contributed by atoms with van der Waals surface area (Å²) in [4.78, 5) is 0. The van der Waals surface area contributed by atoms with Crippen LogP contribution in [-0.4, -0.2) is 16.7 Å². The zero-order valence-electron chi connectivity index (χ0n) is 11.0. The van der Waals surface area contributed by atoms with Gasteiger partial charge in [-0.3, -0.25) is 0 Å². The van der Waals surface area contributed by atoms with Crippen molar-refractivity contribution in [3.8, 4) is 0 Å². The first-order valence-electron chi connectivity index (χ1n) is 7.35. The average Bonchev–Trinajstić information content (AvgIpc) is 2.77. The average molecular weight is 263 g/mol. The van der Waals surface area contributed by atoms with Crippen LogP contribution in [0.5, 0.6) is 0 Å². The molecule has 4 fully saturated rings. The SMILES string of the molecule is CCNc1nnc(C23CC4CC(CC(C4)C2)C3)s1. The van der Waals surface area contributed by atoms with Gasteiger partial charge in [0.1, 0.15) is 5.01 Å². The number of nitrogens with one attached hydrogen (secondary N) is 1. The van der Waals surface area contributed by atoms with Crippen molar-refractivity contribution in [2.45, 2.75) is 50.9 Å². The van der Waals surface area contributed by atoms with Gasteiger partial charge in [0.2, 0.25) is 5.13 Å². The largest absolute Gasteiger partial charge is 0.360 e. The number of anilines is 1. The molecule has 4 aliphatic carbocycles. The van der Waals surface area contributed by atoms with Crippen molar-refractivity contribution in [1.29, 1.82) is 0 Å². The van der Waals surface area contributed by atoms with E-state index in [1.165, 1.54) is 43.5 Å². The van der Waals surface area contributed by atoms with Crippen molar-refractivity contribution in [3.05, 3.63) is 5.01 Å². The molecule has 0 unspecified atom stereocenters. The summed E-state index contributed by atoms with van der Waals surface area (Å²) in [5.41, 5.74) is 0.417. The van der Waals surface area contributed by atoms with Gasteiger partial charge < -0.3 is 5.32 Å². The highest BCUT2D eigenvalue weighted by Gasteiger charge is 2.53. The van der Waals surface area contributed by atoms with Crippen LogP contribution in [0.3, 0.4) is 0 Å². The highest BCUT2D eigenvalue weighted by Crippen LogP contribution is 2.61. The van der Waals surface area contributed by atoms with E-state index in [9.17, 15) is 0 Å².